The lowest BCUT2D eigenvalue weighted by Gasteiger charge is -2.21. The third-order valence-electron chi connectivity index (χ3n) is 2.56. The highest BCUT2D eigenvalue weighted by molar-refractivity contribution is 7.08. The summed E-state index contributed by atoms with van der Waals surface area (Å²) in [5, 5.41) is 27.3. The van der Waals surface area contributed by atoms with Crippen molar-refractivity contribution in [2.45, 2.75) is 32.4 Å². The molecule has 19 heavy (non-hydrogen) atoms. The van der Waals surface area contributed by atoms with Crippen LogP contribution in [0.15, 0.2) is 10.8 Å². The zero-order chi connectivity index (χ0) is 14.5. The Bertz CT molecular complexity index is 456. The van der Waals surface area contributed by atoms with E-state index in [9.17, 15) is 14.7 Å². The van der Waals surface area contributed by atoms with Gasteiger partial charge in [-0.1, -0.05) is 0 Å². The molecule has 4 N–H and O–H groups in total. The molecule has 0 fully saturated rings. The number of carbonyl (C=O) groups is 2. The number of hydrogen-bond acceptors (Lipinski definition) is 4. The third kappa shape index (κ3) is 5.71. The molecule has 0 spiro atoms. The zero-order valence-electron chi connectivity index (χ0n) is 10.9. The van der Waals surface area contributed by atoms with Gasteiger partial charge in [-0.15, -0.1) is 0 Å². The molecular formula is C12H18N2O4S. The van der Waals surface area contributed by atoms with Crippen LogP contribution in [-0.2, 0) is 11.3 Å². The normalized spacial score (nSPS) is 13.6. The van der Waals surface area contributed by atoms with E-state index in [4.69, 9.17) is 5.11 Å². The predicted octanol–water partition coefficient (Wildman–Crippen LogP) is 1.08. The van der Waals surface area contributed by atoms with Gasteiger partial charge in [0.05, 0.1) is 12.0 Å². The first-order chi connectivity index (χ1) is 8.80. The van der Waals surface area contributed by atoms with Crippen molar-refractivity contribution in [3.8, 4) is 0 Å². The summed E-state index contributed by atoms with van der Waals surface area (Å²) in [6, 6.07) is -0.434. The van der Waals surface area contributed by atoms with Crippen molar-refractivity contribution >= 4 is 23.3 Å². The minimum absolute atomic E-state index is 0.117. The summed E-state index contributed by atoms with van der Waals surface area (Å²) >= 11 is 1.57. The van der Waals surface area contributed by atoms with Crippen molar-refractivity contribution < 1.29 is 19.8 Å². The molecule has 7 heteroatoms. The number of carboxylic acids is 1. The van der Waals surface area contributed by atoms with E-state index in [0.29, 0.717) is 6.54 Å². The van der Waals surface area contributed by atoms with E-state index in [0.717, 1.165) is 11.1 Å². The maximum absolute atomic E-state index is 11.5. The topological polar surface area (TPSA) is 98.7 Å². The molecule has 1 aromatic heterocycles. The van der Waals surface area contributed by atoms with Crippen molar-refractivity contribution in [2.24, 2.45) is 0 Å². The quantitative estimate of drug-likeness (QED) is 0.629. The van der Waals surface area contributed by atoms with Gasteiger partial charge in [0.15, 0.2) is 0 Å². The molecule has 0 bridgehead atoms. The van der Waals surface area contributed by atoms with Gasteiger partial charge in [-0.3, -0.25) is 4.79 Å². The number of hydrogen-bond donors (Lipinski definition) is 4. The molecule has 1 unspecified atom stereocenters. The maximum atomic E-state index is 11.5. The third-order valence-corrected chi connectivity index (χ3v) is 3.47. The number of amides is 2. The van der Waals surface area contributed by atoms with Crippen molar-refractivity contribution in [1.82, 2.24) is 10.6 Å². The highest BCUT2D eigenvalue weighted by Gasteiger charge is 2.24. The van der Waals surface area contributed by atoms with Gasteiger partial charge in [0.1, 0.15) is 0 Å². The Kier molecular flexibility index (Phi) is 5.31. The van der Waals surface area contributed by atoms with Gasteiger partial charge >= 0.3 is 12.0 Å². The number of carboxylic acid groups (broad SMARTS) is 1. The van der Waals surface area contributed by atoms with Crippen LogP contribution in [0, 0.1) is 6.92 Å². The molecule has 1 rings (SSSR count). The van der Waals surface area contributed by atoms with Crippen LogP contribution in [0.1, 0.15) is 24.5 Å². The second-order valence-corrected chi connectivity index (χ2v) is 5.43. The van der Waals surface area contributed by atoms with Gasteiger partial charge in [-0.2, -0.15) is 11.3 Å². The Morgan fingerprint density at radius 3 is 2.58 bits per heavy atom. The van der Waals surface area contributed by atoms with Gasteiger partial charge in [-0.25, -0.2) is 4.79 Å². The Hall–Kier alpha value is -1.60. The fourth-order valence-corrected chi connectivity index (χ4v) is 2.32. The summed E-state index contributed by atoms with van der Waals surface area (Å²) in [5.74, 6) is -1.11. The van der Waals surface area contributed by atoms with Crippen molar-refractivity contribution in [1.29, 1.82) is 0 Å². The molecule has 0 aliphatic rings. The Morgan fingerprint density at radius 1 is 1.37 bits per heavy atom. The second kappa shape index (κ2) is 6.53. The number of aliphatic hydroxyl groups is 1. The van der Waals surface area contributed by atoms with Gasteiger partial charge < -0.3 is 20.8 Å². The van der Waals surface area contributed by atoms with Gasteiger partial charge in [0.2, 0.25) is 0 Å². The minimum Gasteiger partial charge on any atom is -0.481 e. The lowest BCUT2D eigenvalue weighted by molar-refractivity contribution is -0.141. The smallest absolute Gasteiger partial charge is 0.315 e. The SMILES string of the molecule is Cc1cscc1CNC(=O)NCC(C)(O)CC(=O)O. The number of aliphatic carboxylic acids is 1. The van der Waals surface area contributed by atoms with Crippen LogP contribution in [0.3, 0.4) is 0 Å². The number of thiophene rings is 1. The van der Waals surface area contributed by atoms with Crippen molar-refractivity contribution in [2.75, 3.05) is 6.54 Å². The average molecular weight is 286 g/mol. The summed E-state index contributed by atoms with van der Waals surface area (Å²) in [6.07, 6.45) is -0.420. The van der Waals surface area contributed by atoms with Crippen LogP contribution >= 0.6 is 11.3 Å². The number of urea groups is 1. The minimum atomic E-state index is -1.46. The molecule has 0 saturated heterocycles. The predicted molar refractivity (Wildman–Crippen MR) is 72.2 cm³/mol. The first kappa shape index (κ1) is 15.5. The summed E-state index contributed by atoms with van der Waals surface area (Å²) < 4.78 is 0. The Balaban J connectivity index is 2.32. The van der Waals surface area contributed by atoms with Crippen molar-refractivity contribution in [3.05, 3.63) is 21.9 Å². The standard InChI is InChI=1S/C12H18N2O4S/c1-8-5-19-6-9(8)4-13-11(17)14-7-12(2,18)3-10(15)16/h5-6,18H,3-4,7H2,1-2H3,(H,15,16)(H2,13,14,17). The van der Waals surface area contributed by atoms with Gasteiger partial charge in [0, 0.05) is 13.1 Å². The van der Waals surface area contributed by atoms with Crippen LogP contribution < -0.4 is 10.6 Å². The lowest BCUT2D eigenvalue weighted by atomic mass is 10.0. The van der Waals surface area contributed by atoms with Crippen LogP contribution in [0.2, 0.25) is 0 Å². The molecule has 6 nitrogen and oxygen atoms in total. The summed E-state index contributed by atoms with van der Waals surface area (Å²) in [5.41, 5.74) is 0.696. The van der Waals surface area contributed by atoms with Gasteiger partial charge in [0.25, 0.3) is 0 Å². The molecule has 0 aromatic carbocycles. The van der Waals surface area contributed by atoms with Crippen molar-refractivity contribution in [3.63, 3.8) is 0 Å². The number of nitrogens with one attached hydrogen (secondary N) is 2. The molecule has 1 aromatic rings. The molecule has 0 radical (unpaired) electrons. The summed E-state index contributed by atoms with van der Waals surface area (Å²) in [7, 11) is 0. The molecule has 1 heterocycles. The number of carbonyl (C=O) groups excluding carboxylic acids is 1. The number of aryl methyl sites for hydroxylation is 1. The van der Waals surface area contributed by atoms with E-state index in [1.165, 1.54) is 6.92 Å². The summed E-state index contributed by atoms with van der Waals surface area (Å²) in [6.45, 7) is 3.61. The molecular weight excluding hydrogens is 268 g/mol. The highest BCUT2D eigenvalue weighted by Crippen LogP contribution is 2.13. The van der Waals surface area contributed by atoms with E-state index in [-0.39, 0.29) is 6.54 Å². The summed E-state index contributed by atoms with van der Waals surface area (Å²) in [4.78, 5) is 22.0. The Morgan fingerprint density at radius 2 is 2.05 bits per heavy atom. The van der Waals surface area contributed by atoms with Crippen LogP contribution in [0.5, 0.6) is 0 Å². The van der Waals surface area contributed by atoms with E-state index < -0.39 is 24.0 Å². The van der Waals surface area contributed by atoms with E-state index in [2.05, 4.69) is 10.6 Å². The van der Waals surface area contributed by atoms with E-state index in [1.807, 2.05) is 17.7 Å². The Labute approximate surface area is 115 Å². The van der Waals surface area contributed by atoms with Gasteiger partial charge in [-0.05, 0) is 35.7 Å². The fourth-order valence-electron chi connectivity index (χ4n) is 1.46. The maximum Gasteiger partial charge on any atom is 0.315 e. The molecule has 0 aliphatic heterocycles. The first-order valence-electron chi connectivity index (χ1n) is 5.78. The largest absolute Gasteiger partial charge is 0.481 e. The van der Waals surface area contributed by atoms with E-state index in [1.54, 1.807) is 11.3 Å². The molecule has 1 atom stereocenters. The van der Waals surface area contributed by atoms with Crippen LogP contribution in [0.25, 0.3) is 0 Å². The first-order valence-corrected chi connectivity index (χ1v) is 6.72. The van der Waals surface area contributed by atoms with E-state index >= 15 is 0 Å². The number of rotatable bonds is 6. The van der Waals surface area contributed by atoms with Crippen LogP contribution in [0.4, 0.5) is 4.79 Å². The molecule has 0 saturated carbocycles. The second-order valence-electron chi connectivity index (χ2n) is 4.68. The molecule has 2 amide bonds. The highest BCUT2D eigenvalue weighted by atomic mass is 32.1. The molecule has 0 aliphatic carbocycles. The van der Waals surface area contributed by atoms with Crippen LogP contribution in [-0.4, -0.2) is 34.4 Å². The monoisotopic (exact) mass is 286 g/mol. The lowest BCUT2D eigenvalue weighted by Crippen LogP contribution is -2.45. The average Bonchev–Trinajstić information content (AvgIpc) is 2.68. The molecule has 106 valence electrons. The fraction of sp³-hybridized carbons (Fsp3) is 0.500. The zero-order valence-corrected chi connectivity index (χ0v) is 11.7.